The summed E-state index contributed by atoms with van der Waals surface area (Å²) in [6.07, 6.45) is 0.382. The first-order valence-corrected chi connectivity index (χ1v) is 9.35. The zero-order chi connectivity index (χ0) is 18.2. The van der Waals surface area contributed by atoms with E-state index in [0.29, 0.717) is 11.4 Å². The number of carbonyl (C=O) groups is 3. The van der Waals surface area contributed by atoms with Gasteiger partial charge in [-0.25, -0.2) is 4.79 Å². The van der Waals surface area contributed by atoms with Crippen molar-refractivity contribution in [3.8, 4) is 0 Å². The molecule has 2 unspecified atom stereocenters. The lowest BCUT2D eigenvalue weighted by Gasteiger charge is -2.31. The number of hydrogen-bond donors (Lipinski definition) is 1. The summed E-state index contributed by atoms with van der Waals surface area (Å²) >= 11 is 1.42. The second-order valence-corrected chi connectivity index (χ2v) is 7.97. The molecule has 0 radical (unpaired) electrons. The number of hydrogen-bond acceptors (Lipinski definition) is 4. The Morgan fingerprint density at radius 1 is 1.32 bits per heavy atom. The molecule has 2 amide bonds. The van der Waals surface area contributed by atoms with E-state index in [1.54, 1.807) is 13.8 Å². The van der Waals surface area contributed by atoms with Crippen molar-refractivity contribution in [1.29, 1.82) is 0 Å². The fourth-order valence-electron chi connectivity index (χ4n) is 3.76. The second kappa shape index (κ2) is 6.69. The van der Waals surface area contributed by atoms with Gasteiger partial charge in [-0.05, 0) is 31.4 Å². The summed E-state index contributed by atoms with van der Waals surface area (Å²) in [6.45, 7) is 3.79. The molecule has 3 atom stereocenters. The van der Waals surface area contributed by atoms with Gasteiger partial charge in [0, 0.05) is 24.0 Å². The zero-order valence-corrected chi connectivity index (χ0v) is 15.2. The molecule has 1 N–H and O–H groups in total. The maximum atomic E-state index is 12.9. The van der Waals surface area contributed by atoms with Crippen LogP contribution < -0.4 is 0 Å². The van der Waals surface area contributed by atoms with Crippen molar-refractivity contribution in [2.75, 3.05) is 6.54 Å². The molecule has 0 spiro atoms. The molecule has 1 fully saturated rings. The van der Waals surface area contributed by atoms with Crippen LogP contribution in [-0.2, 0) is 4.79 Å². The highest BCUT2D eigenvalue weighted by atomic mass is 32.1. The van der Waals surface area contributed by atoms with Crippen molar-refractivity contribution in [3.63, 3.8) is 0 Å². The molecule has 1 aromatic heterocycles. The van der Waals surface area contributed by atoms with Crippen LogP contribution in [0.4, 0.5) is 4.79 Å². The van der Waals surface area contributed by atoms with Crippen LogP contribution in [-0.4, -0.2) is 40.0 Å². The Morgan fingerprint density at radius 2 is 2.04 bits per heavy atom. The number of likely N-dealkylation sites (tertiary alicyclic amines) is 1. The minimum atomic E-state index is -1.10. The molecule has 1 aromatic carbocycles. The van der Waals surface area contributed by atoms with E-state index in [0.717, 1.165) is 22.9 Å². The summed E-state index contributed by atoms with van der Waals surface area (Å²) < 4.78 is 0.493. The van der Waals surface area contributed by atoms with Crippen molar-refractivity contribution in [2.24, 2.45) is 5.92 Å². The van der Waals surface area contributed by atoms with Crippen LogP contribution in [0.5, 0.6) is 0 Å². The monoisotopic (exact) mass is 360 g/mol. The molecule has 25 heavy (non-hydrogen) atoms. The number of carbonyl (C=O) groups excluding carboxylic acids is 2. The maximum absolute atomic E-state index is 12.9. The Morgan fingerprint density at radius 3 is 2.64 bits per heavy atom. The first kappa shape index (κ1) is 17.8. The second-order valence-electron chi connectivity index (χ2n) is 6.88. The zero-order valence-electron chi connectivity index (χ0n) is 14.4. The Bertz CT molecular complexity index is 810. The van der Waals surface area contributed by atoms with Crippen LogP contribution in [0.3, 0.4) is 0 Å². The van der Waals surface area contributed by atoms with Crippen molar-refractivity contribution in [3.05, 3.63) is 35.2 Å². The summed E-state index contributed by atoms with van der Waals surface area (Å²) in [5.41, 5.74) is 0. The highest BCUT2D eigenvalue weighted by Gasteiger charge is 2.54. The molecular weight excluding hydrogens is 338 g/mol. The summed E-state index contributed by atoms with van der Waals surface area (Å²) in [4.78, 5) is 37.9. The standard InChI is InChI=1S/C19H21NO4S/c1-12(18(22)20(19(23)24)9-5-6-13(20)2)10-15(21)17-11-14-7-3-4-8-16(14)25-17/h3-4,7-8,11-13H,5-6,9-10H2,1-2H3/p+1/t12?,13-,20?/m1/s1. The minimum absolute atomic E-state index is 0.0473. The van der Waals surface area contributed by atoms with Gasteiger partial charge in [0.25, 0.3) is 0 Å². The molecule has 6 heteroatoms. The van der Waals surface area contributed by atoms with Gasteiger partial charge in [0.15, 0.2) is 5.78 Å². The van der Waals surface area contributed by atoms with Gasteiger partial charge < -0.3 is 5.11 Å². The smallest absolute Gasteiger partial charge is 0.435 e. The Kier molecular flexibility index (Phi) is 4.75. The van der Waals surface area contributed by atoms with Crippen molar-refractivity contribution >= 4 is 39.2 Å². The molecule has 1 aliphatic heterocycles. The Hall–Kier alpha value is -2.05. The highest BCUT2D eigenvalue weighted by molar-refractivity contribution is 7.20. The number of Topliss-reactive ketones (excluding diaryl/α,β-unsaturated/α-hetero) is 1. The quantitative estimate of drug-likeness (QED) is 0.651. The number of imide groups is 1. The summed E-state index contributed by atoms with van der Waals surface area (Å²) in [5, 5.41) is 10.7. The van der Waals surface area contributed by atoms with E-state index >= 15 is 0 Å². The molecule has 1 saturated heterocycles. The third-order valence-electron chi connectivity index (χ3n) is 5.23. The number of ketones is 1. The lowest BCUT2D eigenvalue weighted by Crippen LogP contribution is -2.60. The largest absolute Gasteiger partial charge is 0.521 e. The van der Waals surface area contributed by atoms with Crippen LogP contribution in [0.2, 0.25) is 0 Å². The van der Waals surface area contributed by atoms with E-state index in [1.807, 2.05) is 30.3 Å². The molecule has 3 rings (SSSR count). The number of carboxylic acid groups (broad SMARTS) is 1. The molecule has 0 saturated carbocycles. The van der Waals surface area contributed by atoms with Gasteiger partial charge in [-0.3, -0.25) is 4.79 Å². The Labute approximate surface area is 150 Å². The predicted molar refractivity (Wildman–Crippen MR) is 96.8 cm³/mol. The van der Waals surface area contributed by atoms with Crippen LogP contribution in [0.25, 0.3) is 10.1 Å². The van der Waals surface area contributed by atoms with Gasteiger partial charge >= 0.3 is 12.0 Å². The van der Waals surface area contributed by atoms with E-state index in [1.165, 1.54) is 11.3 Å². The molecule has 132 valence electrons. The third-order valence-corrected chi connectivity index (χ3v) is 6.39. The van der Waals surface area contributed by atoms with E-state index < -0.39 is 16.5 Å². The van der Waals surface area contributed by atoms with Crippen molar-refractivity contribution in [2.45, 2.75) is 39.2 Å². The number of benzene rings is 1. The van der Waals surface area contributed by atoms with Gasteiger partial charge in [-0.1, -0.05) is 18.2 Å². The fraction of sp³-hybridized carbons (Fsp3) is 0.421. The van der Waals surface area contributed by atoms with E-state index in [-0.39, 0.29) is 24.2 Å². The van der Waals surface area contributed by atoms with Gasteiger partial charge in [0.1, 0.15) is 6.04 Å². The van der Waals surface area contributed by atoms with Gasteiger partial charge in [-0.15, -0.1) is 11.3 Å². The normalized spacial score (nSPS) is 24.3. The highest BCUT2D eigenvalue weighted by Crippen LogP contribution is 2.32. The summed E-state index contributed by atoms with van der Waals surface area (Å²) in [7, 11) is 0. The first-order chi connectivity index (χ1) is 11.9. The number of thiophene rings is 1. The van der Waals surface area contributed by atoms with Crippen LogP contribution >= 0.6 is 11.3 Å². The van der Waals surface area contributed by atoms with Crippen molar-refractivity contribution < 1.29 is 24.0 Å². The number of quaternary nitrogens is 1. The van der Waals surface area contributed by atoms with Crippen LogP contribution in [0, 0.1) is 5.92 Å². The molecule has 2 heterocycles. The topological polar surface area (TPSA) is 71.4 Å². The van der Waals surface area contributed by atoms with Crippen LogP contribution in [0.15, 0.2) is 30.3 Å². The predicted octanol–water partition coefficient (Wildman–Crippen LogP) is 4.31. The fourth-order valence-corrected chi connectivity index (χ4v) is 4.77. The lowest BCUT2D eigenvalue weighted by molar-refractivity contribution is -0.794. The molecule has 5 nitrogen and oxygen atoms in total. The first-order valence-electron chi connectivity index (χ1n) is 8.53. The molecule has 0 aliphatic carbocycles. The third kappa shape index (κ3) is 3.00. The van der Waals surface area contributed by atoms with E-state index in [2.05, 4.69) is 0 Å². The number of nitrogens with zero attached hydrogens (tertiary/aromatic N) is 1. The lowest BCUT2D eigenvalue weighted by atomic mass is 10.00. The average Bonchev–Trinajstić information content (AvgIpc) is 3.18. The van der Waals surface area contributed by atoms with Gasteiger partial charge in [0.05, 0.1) is 17.3 Å². The summed E-state index contributed by atoms with van der Waals surface area (Å²) in [5.74, 6) is -1.07. The molecular formula is C19H22NO4S+. The Balaban J connectivity index is 1.78. The average molecular weight is 360 g/mol. The molecule has 1 aliphatic rings. The molecule has 0 bridgehead atoms. The molecule has 2 aromatic rings. The van der Waals surface area contributed by atoms with Gasteiger partial charge in [-0.2, -0.15) is 9.28 Å². The van der Waals surface area contributed by atoms with Crippen molar-refractivity contribution in [1.82, 2.24) is 0 Å². The number of rotatable bonds is 4. The SMILES string of the molecule is CC(CC(=O)c1cc2ccccc2s1)C(=O)[N+]1(C(=O)O)CCC[C@H]1C. The maximum Gasteiger partial charge on any atom is 0.521 e. The van der Waals surface area contributed by atoms with E-state index in [9.17, 15) is 19.5 Å². The van der Waals surface area contributed by atoms with E-state index in [4.69, 9.17) is 0 Å². The minimum Gasteiger partial charge on any atom is -0.435 e. The number of amides is 2. The number of fused-ring (bicyclic) bond motifs is 1. The van der Waals surface area contributed by atoms with Crippen LogP contribution in [0.1, 0.15) is 42.8 Å². The summed E-state index contributed by atoms with van der Waals surface area (Å²) in [6, 6.07) is 9.36. The van der Waals surface area contributed by atoms with Gasteiger partial charge in [0.2, 0.25) is 0 Å².